The van der Waals surface area contributed by atoms with Gasteiger partial charge >= 0.3 is 0 Å². The Morgan fingerprint density at radius 2 is 1.75 bits per heavy atom. The Morgan fingerprint density at radius 3 is 2.12 bits per heavy atom. The van der Waals surface area contributed by atoms with Gasteiger partial charge in [0.2, 0.25) is 5.91 Å². The lowest BCUT2D eigenvalue weighted by atomic mass is 10.1. The molecule has 0 aromatic heterocycles. The van der Waals surface area contributed by atoms with E-state index < -0.39 is 6.04 Å². The molecule has 0 aromatic carbocycles. The van der Waals surface area contributed by atoms with Crippen LogP contribution in [-0.2, 0) is 4.79 Å². The fourth-order valence-corrected chi connectivity index (χ4v) is 1.09. The van der Waals surface area contributed by atoms with E-state index >= 15 is 0 Å². The quantitative estimate of drug-likeness (QED) is 0.489. The smallest absolute Gasteiger partial charge is 0.244 e. The number of carbonyl (C=O) groups excluding carboxylic acids is 1. The SMILES string of the molecule is CC(C)NC(=O)C(C)N=C(N)NC(C)(C)C. The summed E-state index contributed by atoms with van der Waals surface area (Å²) in [6, 6.07) is -0.362. The lowest BCUT2D eigenvalue weighted by molar-refractivity contribution is -0.122. The summed E-state index contributed by atoms with van der Waals surface area (Å²) in [5.74, 6) is 0.174. The molecule has 16 heavy (non-hydrogen) atoms. The van der Waals surface area contributed by atoms with E-state index in [1.54, 1.807) is 6.92 Å². The first-order chi connectivity index (χ1) is 7.11. The largest absolute Gasteiger partial charge is 0.370 e. The number of hydrogen-bond acceptors (Lipinski definition) is 2. The number of guanidine groups is 1. The average Bonchev–Trinajstić information content (AvgIpc) is 1.98. The number of hydrogen-bond donors (Lipinski definition) is 3. The summed E-state index contributed by atoms with van der Waals surface area (Å²) < 4.78 is 0. The topological polar surface area (TPSA) is 79.5 Å². The molecule has 0 aliphatic carbocycles. The Morgan fingerprint density at radius 1 is 1.25 bits per heavy atom. The highest BCUT2D eigenvalue weighted by atomic mass is 16.2. The lowest BCUT2D eigenvalue weighted by Gasteiger charge is -2.22. The highest BCUT2D eigenvalue weighted by Crippen LogP contribution is 1.98. The van der Waals surface area contributed by atoms with Crippen molar-refractivity contribution in [2.24, 2.45) is 10.7 Å². The normalized spacial score (nSPS) is 14.8. The monoisotopic (exact) mass is 228 g/mol. The van der Waals surface area contributed by atoms with Gasteiger partial charge in [0.15, 0.2) is 5.96 Å². The minimum Gasteiger partial charge on any atom is -0.370 e. The minimum atomic E-state index is -0.475. The Kier molecular flexibility index (Phi) is 5.27. The van der Waals surface area contributed by atoms with Gasteiger partial charge < -0.3 is 16.4 Å². The summed E-state index contributed by atoms with van der Waals surface area (Å²) in [5, 5.41) is 5.79. The maximum atomic E-state index is 11.6. The lowest BCUT2D eigenvalue weighted by Crippen LogP contribution is -2.46. The zero-order chi connectivity index (χ0) is 12.9. The van der Waals surface area contributed by atoms with Crippen LogP contribution < -0.4 is 16.4 Å². The van der Waals surface area contributed by atoms with Gasteiger partial charge in [0.1, 0.15) is 6.04 Å². The fraction of sp³-hybridized carbons (Fsp3) is 0.818. The van der Waals surface area contributed by atoms with Crippen LogP contribution >= 0.6 is 0 Å². The van der Waals surface area contributed by atoms with Crippen molar-refractivity contribution < 1.29 is 4.79 Å². The number of rotatable bonds is 3. The van der Waals surface area contributed by atoms with Crippen LogP contribution in [0.25, 0.3) is 0 Å². The predicted octanol–water partition coefficient (Wildman–Crippen LogP) is 0.602. The molecule has 0 saturated heterocycles. The number of nitrogens with one attached hydrogen (secondary N) is 2. The third-order valence-corrected chi connectivity index (χ3v) is 1.65. The number of aliphatic imine (C=N–C) groups is 1. The zero-order valence-corrected chi connectivity index (χ0v) is 11.1. The molecular formula is C11H24N4O. The van der Waals surface area contributed by atoms with Crippen molar-refractivity contribution in [2.75, 3.05) is 0 Å². The van der Waals surface area contributed by atoms with Gasteiger partial charge in [-0.25, -0.2) is 4.99 Å². The van der Waals surface area contributed by atoms with Gasteiger partial charge in [-0.3, -0.25) is 4.79 Å². The molecule has 0 aliphatic heterocycles. The van der Waals surface area contributed by atoms with Crippen molar-refractivity contribution in [3.8, 4) is 0 Å². The maximum absolute atomic E-state index is 11.6. The molecule has 1 amide bonds. The van der Waals surface area contributed by atoms with Crippen LogP contribution in [0.5, 0.6) is 0 Å². The van der Waals surface area contributed by atoms with E-state index in [4.69, 9.17) is 5.73 Å². The first kappa shape index (κ1) is 14.7. The summed E-state index contributed by atoms with van der Waals surface area (Å²) in [6.45, 7) is 11.5. The number of amides is 1. The molecule has 0 saturated carbocycles. The van der Waals surface area contributed by atoms with Crippen LogP contribution in [0.3, 0.4) is 0 Å². The Hall–Kier alpha value is -1.26. The summed E-state index contributed by atoms with van der Waals surface area (Å²) >= 11 is 0. The van der Waals surface area contributed by atoms with Gasteiger partial charge in [-0.2, -0.15) is 0 Å². The molecule has 0 heterocycles. The summed E-state index contributed by atoms with van der Waals surface area (Å²) in [5.41, 5.74) is 5.54. The number of nitrogens with two attached hydrogens (primary N) is 1. The minimum absolute atomic E-state index is 0.113. The van der Waals surface area contributed by atoms with Crippen LogP contribution in [0.2, 0.25) is 0 Å². The molecule has 4 N–H and O–H groups in total. The maximum Gasteiger partial charge on any atom is 0.244 e. The first-order valence-electron chi connectivity index (χ1n) is 5.53. The fourth-order valence-electron chi connectivity index (χ4n) is 1.09. The van der Waals surface area contributed by atoms with E-state index in [1.807, 2.05) is 34.6 Å². The van der Waals surface area contributed by atoms with Crippen LogP contribution in [0.1, 0.15) is 41.5 Å². The van der Waals surface area contributed by atoms with Crippen molar-refractivity contribution in [1.82, 2.24) is 10.6 Å². The molecule has 0 fully saturated rings. The molecule has 1 unspecified atom stereocenters. The van der Waals surface area contributed by atoms with Gasteiger partial charge in [0.05, 0.1) is 0 Å². The molecule has 0 radical (unpaired) electrons. The van der Waals surface area contributed by atoms with Crippen molar-refractivity contribution in [2.45, 2.75) is 59.2 Å². The molecule has 5 nitrogen and oxygen atoms in total. The zero-order valence-electron chi connectivity index (χ0n) is 11.1. The van der Waals surface area contributed by atoms with Gasteiger partial charge in [-0.15, -0.1) is 0 Å². The van der Waals surface area contributed by atoms with Crippen LogP contribution in [0.4, 0.5) is 0 Å². The van der Waals surface area contributed by atoms with Crippen molar-refractivity contribution >= 4 is 11.9 Å². The second-order valence-corrected chi connectivity index (χ2v) is 5.23. The second kappa shape index (κ2) is 5.72. The molecule has 0 aromatic rings. The Balaban J connectivity index is 4.35. The Labute approximate surface area is 97.9 Å². The van der Waals surface area contributed by atoms with E-state index in [-0.39, 0.29) is 17.5 Å². The standard InChI is InChI=1S/C11H24N4O/c1-7(2)13-9(16)8(3)14-10(12)15-11(4,5)6/h7-8H,1-6H3,(H,13,16)(H3,12,14,15). The van der Waals surface area contributed by atoms with Gasteiger partial charge in [0.25, 0.3) is 0 Å². The third kappa shape index (κ3) is 7.09. The molecule has 0 rings (SSSR count). The summed E-state index contributed by atoms with van der Waals surface area (Å²) in [4.78, 5) is 15.6. The van der Waals surface area contributed by atoms with Gasteiger partial charge in [-0.05, 0) is 41.5 Å². The molecule has 0 spiro atoms. The molecule has 5 heteroatoms. The van der Waals surface area contributed by atoms with E-state index in [9.17, 15) is 4.79 Å². The number of carbonyl (C=O) groups is 1. The van der Waals surface area contributed by atoms with Gasteiger partial charge in [-0.1, -0.05) is 0 Å². The first-order valence-corrected chi connectivity index (χ1v) is 5.53. The average molecular weight is 228 g/mol. The van der Waals surface area contributed by atoms with Crippen LogP contribution in [0, 0.1) is 0 Å². The van der Waals surface area contributed by atoms with Crippen LogP contribution in [-0.4, -0.2) is 29.5 Å². The number of nitrogens with zero attached hydrogens (tertiary/aromatic N) is 1. The predicted molar refractivity (Wildman–Crippen MR) is 67.3 cm³/mol. The van der Waals surface area contributed by atoms with Crippen molar-refractivity contribution in [1.29, 1.82) is 0 Å². The van der Waals surface area contributed by atoms with E-state index in [2.05, 4.69) is 15.6 Å². The summed E-state index contributed by atoms with van der Waals surface area (Å²) in [7, 11) is 0. The molecule has 1 atom stereocenters. The Bertz CT molecular complexity index is 266. The van der Waals surface area contributed by atoms with E-state index in [1.165, 1.54) is 0 Å². The molecular weight excluding hydrogens is 204 g/mol. The van der Waals surface area contributed by atoms with E-state index in [0.717, 1.165) is 0 Å². The van der Waals surface area contributed by atoms with Crippen LogP contribution in [0.15, 0.2) is 4.99 Å². The van der Waals surface area contributed by atoms with E-state index in [0.29, 0.717) is 5.96 Å². The molecule has 0 bridgehead atoms. The highest BCUT2D eigenvalue weighted by molar-refractivity contribution is 5.86. The van der Waals surface area contributed by atoms with Crippen molar-refractivity contribution in [3.05, 3.63) is 0 Å². The molecule has 0 aliphatic rings. The third-order valence-electron chi connectivity index (χ3n) is 1.65. The van der Waals surface area contributed by atoms with Gasteiger partial charge in [0, 0.05) is 11.6 Å². The molecule has 94 valence electrons. The second-order valence-electron chi connectivity index (χ2n) is 5.23. The highest BCUT2D eigenvalue weighted by Gasteiger charge is 2.15. The van der Waals surface area contributed by atoms with Crippen molar-refractivity contribution in [3.63, 3.8) is 0 Å². The summed E-state index contributed by atoms with van der Waals surface area (Å²) in [6.07, 6.45) is 0.